The van der Waals surface area contributed by atoms with E-state index in [2.05, 4.69) is 30.9 Å². The number of rotatable bonds is 6. The van der Waals surface area contributed by atoms with Gasteiger partial charge in [0.2, 0.25) is 0 Å². The first-order chi connectivity index (χ1) is 9.65. The van der Waals surface area contributed by atoms with Gasteiger partial charge in [-0.2, -0.15) is 0 Å². The molecule has 4 heteroatoms. The van der Waals surface area contributed by atoms with E-state index >= 15 is 0 Å². The van der Waals surface area contributed by atoms with Crippen LogP contribution in [0.25, 0.3) is 0 Å². The molecule has 3 nitrogen and oxygen atoms in total. The predicted molar refractivity (Wildman–Crippen MR) is 86.2 cm³/mol. The third-order valence-corrected chi connectivity index (χ3v) is 5.35. The Labute approximate surface area is 127 Å². The summed E-state index contributed by atoms with van der Waals surface area (Å²) in [6.07, 6.45) is 3.56. The van der Waals surface area contributed by atoms with Crippen LogP contribution in [0.1, 0.15) is 42.0 Å². The Kier molecular flexibility index (Phi) is 6.02. The summed E-state index contributed by atoms with van der Waals surface area (Å²) < 4.78 is 5.35. The molecule has 3 unspecified atom stereocenters. The van der Waals surface area contributed by atoms with Crippen molar-refractivity contribution in [1.82, 2.24) is 4.90 Å². The smallest absolute Gasteiger partial charge is 0.0593 e. The van der Waals surface area contributed by atoms with Crippen LogP contribution in [0.4, 0.5) is 0 Å². The summed E-state index contributed by atoms with van der Waals surface area (Å²) in [6.45, 7) is 7.51. The van der Waals surface area contributed by atoms with Gasteiger partial charge in [0.25, 0.3) is 0 Å². The van der Waals surface area contributed by atoms with Gasteiger partial charge in [0.1, 0.15) is 0 Å². The highest BCUT2D eigenvalue weighted by molar-refractivity contribution is 7.12. The molecule has 1 saturated heterocycles. The third kappa shape index (κ3) is 3.82. The van der Waals surface area contributed by atoms with Crippen LogP contribution in [0.3, 0.4) is 0 Å². The largest absolute Gasteiger partial charge is 0.384 e. The zero-order valence-electron chi connectivity index (χ0n) is 13.0. The molecule has 2 N–H and O–H groups in total. The highest BCUT2D eigenvalue weighted by atomic mass is 32.1. The molecule has 1 aromatic rings. The summed E-state index contributed by atoms with van der Waals surface area (Å²) >= 11 is 1.89. The van der Waals surface area contributed by atoms with Gasteiger partial charge in [0, 0.05) is 29.5 Å². The first-order valence-corrected chi connectivity index (χ1v) is 8.52. The quantitative estimate of drug-likeness (QED) is 0.876. The van der Waals surface area contributed by atoms with Crippen LogP contribution in [0, 0.1) is 12.8 Å². The molecular weight excluding hydrogens is 268 g/mol. The fourth-order valence-corrected chi connectivity index (χ4v) is 4.31. The van der Waals surface area contributed by atoms with Gasteiger partial charge in [-0.15, -0.1) is 11.3 Å². The summed E-state index contributed by atoms with van der Waals surface area (Å²) in [5.41, 5.74) is 6.44. The lowest BCUT2D eigenvalue weighted by Gasteiger charge is -2.40. The average molecular weight is 296 g/mol. The number of hydrogen-bond donors (Lipinski definition) is 1. The Morgan fingerprint density at radius 2 is 2.30 bits per heavy atom. The molecule has 0 aromatic carbocycles. The summed E-state index contributed by atoms with van der Waals surface area (Å²) in [7, 11) is 1.80. The molecule has 2 heterocycles. The fourth-order valence-electron chi connectivity index (χ4n) is 3.22. The van der Waals surface area contributed by atoms with Gasteiger partial charge in [0.15, 0.2) is 0 Å². The molecule has 2 rings (SSSR count). The molecular formula is C16H28N2OS. The summed E-state index contributed by atoms with van der Waals surface area (Å²) in [4.78, 5) is 5.39. The van der Waals surface area contributed by atoms with E-state index in [1.165, 1.54) is 22.6 Å². The zero-order chi connectivity index (χ0) is 14.5. The van der Waals surface area contributed by atoms with Gasteiger partial charge in [-0.1, -0.05) is 6.92 Å². The Morgan fingerprint density at radius 1 is 1.50 bits per heavy atom. The topological polar surface area (TPSA) is 38.5 Å². The van der Waals surface area contributed by atoms with Gasteiger partial charge in [-0.05, 0) is 50.8 Å². The maximum absolute atomic E-state index is 6.44. The van der Waals surface area contributed by atoms with Crippen LogP contribution in [-0.2, 0) is 4.74 Å². The second-order valence-electron chi connectivity index (χ2n) is 5.92. The number of ether oxygens (including phenoxy) is 1. The first kappa shape index (κ1) is 16.0. The third-order valence-electron chi connectivity index (χ3n) is 4.28. The normalized spacial score (nSPS) is 23.7. The van der Waals surface area contributed by atoms with Crippen molar-refractivity contribution in [1.29, 1.82) is 0 Å². The van der Waals surface area contributed by atoms with Crippen molar-refractivity contribution >= 4 is 11.3 Å². The molecule has 0 spiro atoms. The molecule has 3 atom stereocenters. The van der Waals surface area contributed by atoms with E-state index in [4.69, 9.17) is 10.5 Å². The van der Waals surface area contributed by atoms with E-state index in [0.29, 0.717) is 12.0 Å². The van der Waals surface area contributed by atoms with Crippen molar-refractivity contribution in [2.24, 2.45) is 11.7 Å². The average Bonchev–Trinajstić information content (AvgIpc) is 2.86. The number of methoxy groups -OCH3 is 1. The van der Waals surface area contributed by atoms with Crippen molar-refractivity contribution in [2.45, 2.75) is 45.2 Å². The van der Waals surface area contributed by atoms with Crippen LogP contribution in [0.5, 0.6) is 0 Å². The Hall–Kier alpha value is -0.420. The summed E-state index contributed by atoms with van der Waals surface area (Å²) in [5, 5.41) is 0. The standard InChI is InChI=1S/C16H28N2OS/c1-4-14(17)16(15-8-7-12(2)20-15)18-9-5-6-13(10-18)11-19-3/h7-8,13-14,16H,4-6,9-11,17H2,1-3H3. The Balaban J connectivity index is 2.14. The number of hydrogen-bond acceptors (Lipinski definition) is 4. The van der Waals surface area contributed by atoms with Gasteiger partial charge >= 0.3 is 0 Å². The van der Waals surface area contributed by atoms with Gasteiger partial charge in [0.05, 0.1) is 12.6 Å². The highest BCUT2D eigenvalue weighted by Gasteiger charge is 2.31. The molecule has 0 amide bonds. The predicted octanol–water partition coefficient (Wildman–Crippen LogP) is 3.19. The molecule has 1 aromatic heterocycles. The fraction of sp³-hybridized carbons (Fsp3) is 0.750. The molecule has 0 bridgehead atoms. The van der Waals surface area contributed by atoms with Crippen LogP contribution in [-0.4, -0.2) is 37.7 Å². The van der Waals surface area contributed by atoms with Crippen molar-refractivity contribution in [2.75, 3.05) is 26.8 Å². The maximum Gasteiger partial charge on any atom is 0.0593 e. The van der Waals surface area contributed by atoms with E-state index in [0.717, 1.165) is 26.1 Å². The number of nitrogens with two attached hydrogens (primary N) is 1. The minimum atomic E-state index is 0.217. The van der Waals surface area contributed by atoms with E-state index in [1.54, 1.807) is 7.11 Å². The molecule has 1 fully saturated rings. The number of thiophene rings is 1. The number of piperidine rings is 1. The number of aryl methyl sites for hydroxylation is 1. The second-order valence-corrected chi connectivity index (χ2v) is 7.24. The molecule has 114 valence electrons. The lowest BCUT2D eigenvalue weighted by Crippen LogP contribution is -2.46. The molecule has 20 heavy (non-hydrogen) atoms. The summed E-state index contributed by atoms with van der Waals surface area (Å²) in [5.74, 6) is 0.654. The Morgan fingerprint density at radius 3 is 2.90 bits per heavy atom. The van der Waals surface area contributed by atoms with E-state index in [1.807, 2.05) is 11.3 Å². The first-order valence-electron chi connectivity index (χ1n) is 7.70. The molecule has 1 aliphatic heterocycles. The van der Waals surface area contributed by atoms with Crippen molar-refractivity contribution in [3.8, 4) is 0 Å². The monoisotopic (exact) mass is 296 g/mol. The molecule has 1 aliphatic rings. The van der Waals surface area contributed by atoms with Crippen molar-refractivity contribution in [3.63, 3.8) is 0 Å². The van der Waals surface area contributed by atoms with Gasteiger partial charge in [-0.3, -0.25) is 4.90 Å². The lowest BCUT2D eigenvalue weighted by atomic mass is 9.94. The molecule has 0 aliphatic carbocycles. The molecule has 0 saturated carbocycles. The SMILES string of the molecule is CCC(N)C(c1ccc(C)s1)N1CCCC(COC)C1. The van der Waals surface area contributed by atoms with E-state index in [9.17, 15) is 0 Å². The highest BCUT2D eigenvalue weighted by Crippen LogP contribution is 2.33. The van der Waals surface area contributed by atoms with E-state index < -0.39 is 0 Å². The zero-order valence-corrected chi connectivity index (χ0v) is 13.8. The van der Waals surface area contributed by atoms with Crippen molar-refractivity contribution in [3.05, 3.63) is 21.9 Å². The minimum absolute atomic E-state index is 0.217. The molecule has 0 radical (unpaired) electrons. The second kappa shape index (κ2) is 7.55. The van der Waals surface area contributed by atoms with Crippen LogP contribution < -0.4 is 5.73 Å². The van der Waals surface area contributed by atoms with Crippen LogP contribution >= 0.6 is 11.3 Å². The Bertz CT molecular complexity index is 405. The minimum Gasteiger partial charge on any atom is -0.384 e. The van der Waals surface area contributed by atoms with Crippen LogP contribution in [0.2, 0.25) is 0 Å². The van der Waals surface area contributed by atoms with Crippen molar-refractivity contribution < 1.29 is 4.74 Å². The maximum atomic E-state index is 6.44. The van der Waals surface area contributed by atoms with Gasteiger partial charge in [-0.25, -0.2) is 0 Å². The number of nitrogens with zero attached hydrogens (tertiary/aromatic N) is 1. The lowest BCUT2D eigenvalue weighted by molar-refractivity contribution is 0.0607. The van der Waals surface area contributed by atoms with Crippen LogP contribution in [0.15, 0.2) is 12.1 Å². The summed E-state index contributed by atoms with van der Waals surface area (Å²) in [6, 6.07) is 5.07. The van der Waals surface area contributed by atoms with E-state index in [-0.39, 0.29) is 6.04 Å². The number of likely N-dealkylation sites (tertiary alicyclic amines) is 1. The van der Waals surface area contributed by atoms with Gasteiger partial charge < -0.3 is 10.5 Å².